The van der Waals surface area contributed by atoms with Crippen LogP contribution in [0.15, 0.2) is 47.6 Å². The van der Waals surface area contributed by atoms with Crippen molar-refractivity contribution in [1.29, 1.82) is 0 Å². The second-order valence-electron chi connectivity index (χ2n) is 8.16. The van der Waals surface area contributed by atoms with E-state index in [1.807, 2.05) is 36.1 Å². The van der Waals surface area contributed by atoms with Crippen LogP contribution in [0, 0.1) is 0 Å². The normalized spacial score (nSPS) is 12.4. The van der Waals surface area contributed by atoms with Gasteiger partial charge >= 0.3 is 0 Å². The van der Waals surface area contributed by atoms with Crippen LogP contribution in [0.1, 0.15) is 51.9 Å². The Kier molecular flexibility index (Phi) is 8.70. The number of benzene rings is 2. The molecule has 1 amide bonds. The van der Waals surface area contributed by atoms with Crippen molar-refractivity contribution in [1.82, 2.24) is 19.7 Å². The molecular weight excluding hydrogens is 418 g/mol. The lowest BCUT2D eigenvalue weighted by Crippen LogP contribution is -2.32. The number of rotatable bonds is 11. The molecule has 1 atom stereocenters. The molecule has 1 aromatic heterocycles. The Balaban J connectivity index is 1.82. The van der Waals surface area contributed by atoms with Gasteiger partial charge in [0.25, 0.3) is 0 Å². The number of carbonyl (C=O) groups is 1. The molecule has 0 fully saturated rings. The van der Waals surface area contributed by atoms with Crippen LogP contribution >= 0.6 is 11.8 Å². The second kappa shape index (κ2) is 11.5. The zero-order chi connectivity index (χ0) is 23.1. The van der Waals surface area contributed by atoms with E-state index < -0.39 is 0 Å². The van der Waals surface area contributed by atoms with Crippen molar-refractivity contribution in [2.24, 2.45) is 0 Å². The van der Waals surface area contributed by atoms with Gasteiger partial charge < -0.3 is 9.47 Å². The van der Waals surface area contributed by atoms with E-state index in [2.05, 4.69) is 65.8 Å². The number of nitrogens with zero attached hydrogens (tertiary/aromatic N) is 5. The largest absolute Gasteiger partial charge is 0.311 e. The van der Waals surface area contributed by atoms with Gasteiger partial charge in [-0.2, -0.15) is 0 Å². The summed E-state index contributed by atoms with van der Waals surface area (Å²) in [6.07, 6.45) is 3.13. The number of hydrogen-bond donors (Lipinski definition) is 0. The lowest BCUT2D eigenvalue weighted by Gasteiger charge is -2.24. The fraction of sp³-hybridized carbons (Fsp3) is 0.480. The molecule has 0 saturated carbocycles. The average molecular weight is 454 g/mol. The number of fused-ring (bicyclic) bond motifs is 1. The van der Waals surface area contributed by atoms with Gasteiger partial charge in [0.15, 0.2) is 11.0 Å². The fourth-order valence-electron chi connectivity index (χ4n) is 4.09. The van der Waals surface area contributed by atoms with Crippen LogP contribution in [0.4, 0.5) is 5.69 Å². The van der Waals surface area contributed by atoms with Crippen molar-refractivity contribution < 1.29 is 4.79 Å². The standard InChI is InChI=1S/C25H35N5OS/c1-6-9-17-30-24(21(7-2)28(4)5)26-27-25(30)32-18-23(31)29(8-3)22-16-12-14-19-13-10-11-15-20(19)22/h10-16,21H,6-9,17-18H2,1-5H3. The van der Waals surface area contributed by atoms with Crippen LogP contribution < -0.4 is 4.90 Å². The molecule has 0 aliphatic rings. The molecule has 1 unspecified atom stereocenters. The highest BCUT2D eigenvalue weighted by molar-refractivity contribution is 7.99. The summed E-state index contributed by atoms with van der Waals surface area (Å²) in [6, 6.07) is 14.5. The highest BCUT2D eigenvalue weighted by Gasteiger charge is 2.23. The SMILES string of the molecule is CCCCn1c(SCC(=O)N(CC)c2cccc3ccccc23)nnc1C(CC)N(C)C. The minimum Gasteiger partial charge on any atom is -0.311 e. The first kappa shape index (κ1) is 24.3. The number of unbranched alkanes of at least 4 members (excludes halogenated alkanes) is 1. The van der Waals surface area contributed by atoms with E-state index in [1.54, 1.807) is 0 Å². The summed E-state index contributed by atoms with van der Waals surface area (Å²) in [5.74, 6) is 1.41. The van der Waals surface area contributed by atoms with E-state index in [0.29, 0.717) is 12.3 Å². The van der Waals surface area contributed by atoms with E-state index in [9.17, 15) is 4.79 Å². The number of amides is 1. The molecule has 172 valence electrons. The smallest absolute Gasteiger partial charge is 0.237 e. The Bertz CT molecular complexity index is 1030. The molecule has 3 rings (SSSR count). The second-order valence-corrected chi connectivity index (χ2v) is 9.10. The zero-order valence-electron chi connectivity index (χ0n) is 19.9. The molecule has 2 aromatic carbocycles. The summed E-state index contributed by atoms with van der Waals surface area (Å²) >= 11 is 1.49. The molecule has 0 bridgehead atoms. The van der Waals surface area contributed by atoms with E-state index in [4.69, 9.17) is 0 Å². The highest BCUT2D eigenvalue weighted by Crippen LogP contribution is 2.29. The Morgan fingerprint density at radius 3 is 2.50 bits per heavy atom. The maximum absolute atomic E-state index is 13.3. The first-order chi connectivity index (χ1) is 15.5. The lowest BCUT2D eigenvalue weighted by molar-refractivity contribution is -0.116. The van der Waals surface area contributed by atoms with Gasteiger partial charge in [0.1, 0.15) is 0 Å². The summed E-state index contributed by atoms with van der Waals surface area (Å²) < 4.78 is 2.21. The van der Waals surface area contributed by atoms with Crippen LogP contribution in [0.3, 0.4) is 0 Å². The minimum atomic E-state index is 0.0834. The molecule has 3 aromatic rings. The number of hydrogen-bond acceptors (Lipinski definition) is 5. The minimum absolute atomic E-state index is 0.0834. The van der Waals surface area contributed by atoms with Crippen molar-refractivity contribution in [2.45, 2.75) is 57.8 Å². The van der Waals surface area contributed by atoms with Gasteiger partial charge in [0, 0.05) is 18.5 Å². The van der Waals surface area contributed by atoms with Gasteiger partial charge in [-0.25, -0.2) is 0 Å². The quantitative estimate of drug-likeness (QED) is 0.364. The Morgan fingerprint density at radius 1 is 1.06 bits per heavy atom. The molecule has 0 N–H and O–H groups in total. The number of thioether (sulfide) groups is 1. The van der Waals surface area contributed by atoms with Crippen LogP contribution in [-0.2, 0) is 11.3 Å². The van der Waals surface area contributed by atoms with E-state index >= 15 is 0 Å². The maximum atomic E-state index is 13.3. The van der Waals surface area contributed by atoms with Crippen molar-refractivity contribution in [3.8, 4) is 0 Å². The van der Waals surface area contributed by atoms with Crippen molar-refractivity contribution in [3.63, 3.8) is 0 Å². The van der Waals surface area contributed by atoms with Crippen molar-refractivity contribution >= 4 is 34.1 Å². The van der Waals surface area contributed by atoms with Gasteiger partial charge in [0.2, 0.25) is 5.91 Å². The third-order valence-electron chi connectivity index (χ3n) is 5.79. The van der Waals surface area contributed by atoms with E-state index in [0.717, 1.165) is 53.2 Å². The van der Waals surface area contributed by atoms with Crippen LogP contribution in [-0.4, -0.2) is 52.0 Å². The molecule has 32 heavy (non-hydrogen) atoms. The van der Waals surface area contributed by atoms with Gasteiger partial charge in [0.05, 0.1) is 17.5 Å². The molecule has 7 heteroatoms. The molecule has 0 saturated heterocycles. The summed E-state index contributed by atoms with van der Waals surface area (Å²) in [4.78, 5) is 17.3. The lowest BCUT2D eigenvalue weighted by atomic mass is 10.1. The van der Waals surface area contributed by atoms with Crippen molar-refractivity contribution in [3.05, 3.63) is 48.3 Å². The van der Waals surface area contributed by atoms with Gasteiger partial charge in [-0.05, 0) is 45.3 Å². The first-order valence-corrected chi connectivity index (χ1v) is 12.5. The highest BCUT2D eigenvalue weighted by atomic mass is 32.2. The first-order valence-electron chi connectivity index (χ1n) is 11.5. The van der Waals surface area contributed by atoms with E-state index in [-0.39, 0.29) is 11.9 Å². The maximum Gasteiger partial charge on any atom is 0.237 e. The summed E-state index contributed by atoms with van der Waals surface area (Å²) in [5.41, 5.74) is 0.961. The number of anilines is 1. The summed E-state index contributed by atoms with van der Waals surface area (Å²) in [7, 11) is 4.15. The third kappa shape index (κ3) is 5.33. The van der Waals surface area contributed by atoms with Crippen LogP contribution in [0.2, 0.25) is 0 Å². The molecule has 0 radical (unpaired) electrons. The third-order valence-corrected chi connectivity index (χ3v) is 6.74. The topological polar surface area (TPSA) is 54.3 Å². The molecule has 0 aliphatic carbocycles. The molecule has 1 heterocycles. The molecule has 0 spiro atoms. The number of aromatic nitrogens is 3. The van der Waals surface area contributed by atoms with E-state index in [1.165, 1.54) is 11.8 Å². The Labute approximate surface area is 196 Å². The Morgan fingerprint density at radius 2 is 1.81 bits per heavy atom. The molecular formula is C25H35N5OS. The molecule has 0 aliphatic heterocycles. The number of carbonyl (C=O) groups excluding carboxylic acids is 1. The van der Waals surface area contributed by atoms with Crippen molar-refractivity contribution in [2.75, 3.05) is 31.3 Å². The average Bonchev–Trinajstić information content (AvgIpc) is 3.19. The predicted molar refractivity (Wildman–Crippen MR) is 134 cm³/mol. The van der Waals surface area contributed by atoms with Gasteiger partial charge in [-0.15, -0.1) is 10.2 Å². The monoisotopic (exact) mass is 453 g/mol. The zero-order valence-corrected chi connectivity index (χ0v) is 20.7. The van der Waals surface area contributed by atoms with Gasteiger partial charge in [-0.3, -0.25) is 9.69 Å². The summed E-state index contributed by atoms with van der Waals surface area (Å²) in [6.45, 7) is 7.88. The summed E-state index contributed by atoms with van der Waals surface area (Å²) in [5, 5.41) is 12.1. The van der Waals surface area contributed by atoms with Crippen LogP contribution in [0.5, 0.6) is 0 Å². The fourth-order valence-corrected chi connectivity index (χ4v) is 4.93. The molecule has 6 nitrogen and oxygen atoms in total. The van der Waals surface area contributed by atoms with Crippen LogP contribution in [0.25, 0.3) is 10.8 Å². The predicted octanol–water partition coefficient (Wildman–Crippen LogP) is 5.39. The Hall–Kier alpha value is -2.38. The van der Waals surface area contributed by atoms with Gasteiger partial charge in [-0.1, -0.05) is 68.4 Å².